The summed E-state index contributed by atoms with van der Waals surface area (Å²) in [6.45, 7) is 0. The van der Waals surface area contributed by atoms with Crippen molar-refractivity contribution in [2.45, 2.75) is 18.6 Å². The van der Waals surface area contributed by atoms with E-state index in [1.165, 1.54) is 0 Å². The highest BCUT2D eigenvalue weighted by atomic mass is 19.4. The number of hydrogen-bond acceptors (Lipinski definition) is 1. The SMILES string of the molecule is NC(c1cc(F)ccc1C(F)(F)F)C(F)F. The Balaban J connectivity index is 3.29. The summed E-state index contributed by atoms with van der Waals surface area (Å²) < 4.78 is 74.2. The maximum atomic E-state index is 12.7. The van der Waals surface area contributed by atoms with Gasteiger partial charge in [-0.05, 0) is 23.8 Å². The topological polar surface area (TPSA) is 26.0 Å². The summed E-state index contributed by atoms with van der Waals surface area (Å²) in [6, 6.07) is -0.843. The van der Waals surface area contributed by atoms with Crippen LogP contribution in [0.4, 0.5) is 26.3 Å². The number of alkyl halides is 5. The quantitative estimate of drug-likeness (QED) is 0.793. The normalized spacial score (nSPS) is 14.2. The van der Waals surface area contributed by atoms with Gasteiger partial charge in [-0.25, -0.2) is 13.2 Å². The van der Waals surface area contributed by atoms with E-state index in [2.05, 4.69) is 0 Å². The Bertz CT molecular complexity index is 373. The van der Waals surface area contributed by atoms with Crippen molar-refractivity contribution in [3.05, 3.63) is 35.1 Å². The summed E-state index contributed by atoms with van der Waals surface area (Å²) in [4.78, 5) is 0. The van der Waals surface area contributed by atoms with E-state index < -0.39 is 35.6 Å². The van der Waals surface area contributed by atoms with Crippen LogP contribution in [0.3, 0.4) is 0 Å². The van der Waals surface area contributed by atoms with Gasteiger partial charge in [0, 0.05) is 0 Å². The molecule has 0 bridgehead atoms. The molecule has 0 aliphatic carbocycles. The zero-order valence-electron chi connectivity index (χ0n) is 7.73. The maximum absolute atomic E-state index is 12.7. The molecule has 0 aliphatic heterocycles. The van der Waals surface area contributed by atoms with Crippen molar-refractivity contribution in [1.29, 1.82) is 0 Å². The molecular formula is C9H7F6N. The van der Waals surface area contributed by atoms with E-state index in [0.29, 0.717) is 18.2 Å². The smallest absolute Gasteiger partial charge is 0.319 e. The summed E-state index contributed by atoms with van der Waals surface area (Å²) >= 11 is 0. The predicted molar refractivity (Wildman–Crippen MR) is 44.3 cm³/mol. The number of nitrogens with two attached hydrogens (primary N) is 1. The highest BCUT2D eigenvalue weighted by molar-refractivity contribution is 5.33. The number of rotatable bonds is 2. The molecule has 7 heteroatoms. The van der Waals surface area contributed by atoms with Crippen LogP contribution >= 0.6 is 0 Å². The largest absolute Gasteiger partial charge is 0.416 e. The van der Waals surface area contributed by atoms with Gasteiger partial charge < -0.3 is 5.73 Å². The Morgan fingerprint density at radius 1 is 1.12 bits per heavy atom. The fourth-order valence-corrected chi connectivity index (χ4v) is 1.20. The van der Waals surface area contributed by atoms with Gasteiger partial charge in [-0.3, -0.25) is 0 Å². The summed E-state index contributed by atoms with van der Waals surface area (Å²) in [5.41, 5.74) is 2.60. The molecule has 1 aromatic carbocycles. The lowest BCUT2D eigenvalue weighted by Crippen LogP contribution is -2.23. The van der Waals surface area contributed by atoms with Crippen LogP contribution in [-0.4, -0.2) is 6.43 Å². The first kappa shape index (κ1) is 12.8. The van der Waals surface area contributed by atoms with Crippen molar-refractivity contribution < 1.29 is 26.3 Å². The van der Waals surface area contributed by atoms with Crippen molar-refractivity contribution in [3.63, 3.8) is 0 Å². The van der Waals surface area contributed by atoms with Crippen LogP contribution < -0.4 is 5.73 Å². The second-order valence-corrected chi connectivity index (χ2v) is 3.09. The first-order valence-corrected chi connectivity index (χ1v) is 4.14. The average molecular weight is 243 g/mol. The molecular weight excluding hydrogens is 236 g/mol. The minimum Gasteiger partial charge on any atom is -0.319 e. The van der Waals surface area contributed by atoms with Crippen molar-refractivity contribution in [1.82, 2.24) is 0 Å². The Morgan fingerprint density at radius 3 is 2.12 bits per heavy atom. The van der Waals surface area contributed by atoms with Gasteiger partial charge in [0.05, 0.1) is 11.6 Å². The standard InChI is InChI=1S/C9H7F6N/c10-4-1-2-6(9(13,14)15)5(3-4)7(16)8(11)12/h1-3,7-8H,16H2. The van der Waals surface area contributed by atoms with E-state index in [1.54, 1.807) is 0 Å². The Morgan fingerprint density at radius 2 is 1.69 bits per heavy atom. The molecule has 1 nitrogen and oxygen atoms in total. The van der Waals surface area contributed by atoms with E-state index >= 15 is 0 Å². The Labute approximate surface area is 86.9 Å². The fourth-order valence-electron chi connectivity index (χ4n) is 1.20. The number of hydrogen-bond donors (Lipinski definition) is 1. The maximum Gasteiger partial charge on any atom is 0.416 e. The number of benzene rings is 1. The number of halogens is 6. The molecule has 1 rings (SSSR count). The van der Waals surface area contributed by atoms with Crippen molar-refractivity contribution in [2.75, 3.05) is 0 Å². The highest BCUT2D eigenvalue weighted by Gasteiger charge is 2.36. The van der Waals surface area contributed by atoms with E-state index in [9.17, 15) is 26.3 Å². The molecule has 0 amide bonds. The van der Waals surface area contributed by atoms with Gasteiger partial charge in [0.15, 0.2) is 0 Å². The molecule has 16 heavy (non-hydrogen) atoms. The van der Waals surface area contributed by atoms with Crippen LogP contribution in [-0.2, 0) is 6.18 Å². The third-order valence-corrected chi connectivity index (χ3v) is 1.95. The highest BCUT2D eigenvalue weighted by Crippen LogP contribution is 2.35. The Hall–Kier alpha value is -1.24. The molecule has 2 N–H and O–H groups in total. The van der Waals surface area contributed by atoms with Gasteiger partial charge in [-0.2, -0.15) is 13.2 Å². The van der Waals surface area contributed by atoms with Crippen LogP contribution in [0.1, 0.15) is 17.2 Å². The van der Waals surface area contributed by atoms with E-state index in [-0.39, 0.29) is 0 Å². The van der Waals surface area contributed by atoms with Crippen molar-refractivity contribution in [2.24, 2.45) is 5.73 Å². The Kier molecular flexibility index (Phi) is 3.47. The summed E-state index contributed by atoms with van der Waals surface area (Å²) in [5, 5.41) is 0. The summed E-state index contributed by atoms with van der Waals surface area (Å²) in [6.07, 6.45) is -8.03. The van der Waals surface area contributed by atoms with E-state index in [0.717, 1.165) is 0 Å². The molecule has 0 aromatic heterocycles. The third kappa shape index (κ3) is 2.66. The van der Waals surface area contributed by atoms with Gasteiger partial charge in [-0.15, -0.1) is 0 Å². The van der Waals surface area contributed by atoms with Crippen molar-refractivity contribution >= 4 is 0 Å². The first-order chi connectivity index (χ1) is 7.23. The van der Waals surface area contributed by atoms with Gasteiger partial charge in [0.25, 0.3) is 6.43 Å². The molecule has 90 valence electrons. The van der Waals surface area contributed by atoms with Gasteiger partial charge in [0.2, 0.25) is 0 Å². The zero-order valence-corrected chi connectivity index (χ0v) is 7.73. The predicted octanol–water partition coefficient (Wildman–Crippen LogP) is 3.11. The van der Waals surface area contributed by atoms with E-state index in [4.69, 9.17) is 5.73 Å². The van der Waals surface area contributed by atoms with Gasteiger partial charge >= 0.3 is 6.18 Å². The molecule has 0 heterocycles. The summed E-state index contributed by atoms with van der Waals surface area (Å²) in [7, 11) is 0. The molecule has 0 saturated carbocycles. The minimum atomic E-state index is -4.84. The fraction of sp³-hybridized carbons (Fsp3) is 0.333. The average Bonchev–Trinajstić information content (AvgIpc) is 2.14. The molecule has 0 radical (unpaired) electrons. The molecule has 0 aliphatic rings. The lowest BCUT2D eigenvalue weighted by molar-refractivity contribution is -0.138. The van der Waals surface area contributed by atoms with Crippen LogP contribution in [0, 0.1) is 5.82 Å². The molecule has 1 unspecified atom stereocenters. The van der Waals surface area contributed by atoms with Crippen LogP contribution in [0.15, 0.2) is 18.2 Å². The molecule has 1 atom stereocenters. The zero-order chi connectivity index (χ0) is 12.5. The van der Waals surface area contributed by atoms with Gasteiger partial charge in [0.1, 0.15) is 5.82 Å². The summed E-state index contributed by atoms with van der Waals surface area (Å²) in [5.74, 6) is -1.04. The molecule has 0 spiro atoms. The second kappa shape index (κ2) is 4.32. The molecule has 0 fully saturated rings. The third-order valence-electron chi connectivity index (χ3n) is 1.95. The van der Waals surface area contributed by atoms with Crippen LogP contribution in [0.25, 0.3) is 0 Å². The van der Waals surface area contributed by atoms with Gasteiger partial charge in [-0.1, -0.05) is 0 Å². The van der Waals surface area contributed by atoms with Crippen LogP contribution in [0.2, 0.25) is 0 Å². The monoisotopic (exact) mass is 243 g/mol. The lowest BCUT2D eigenvalue weighted by Gasteiger charge is -2.17. The first-order valence-electron chi connectivity index (χ1n) is 4.14. The second-order valence-electron chi connectivity index (χ2n) is 3.09. The molecule has 0 saturated heterocycles. The minimum absolute atomic E-state index is 0.375. The molecule has 1 aromatic rings. The van der Waals surface area contributed by atoms with E-state index in [1.807, 2.05) is 0 Å². The lowest BCUT2D eigenvalue weighted by atomic mass is 10.0. The van der Waals surface area contributed by atoms with Crippen LogP contribution in [0.5, 0.6) is 0 Å². The van der Waals surface area contributed by atoms with Crippen molar-refractivity contribution in [3.8, 4) is 0 Å².